The summed E-state index contributed by atoms with van der Waals surface area (Å²) in [5, 5.41) is 0. The molecule has 3 saturated carbocycles. The quantitative estimate of drug-likeness (QED) is 0.505. The number of benzene rings is 1. The summed E-state index contributed by atoms with van der Waals surface area (Å²) in [5.41, 5.74) is 1.63. The molecule has 0 bridgehead atoms. The number of hydrogen-bond acceptors (Lipinski definition) is 1. The zero-order valence-electron chi connectivity index (χ0n) is 17.4. The van der Waals surface area contributed by atoms with Crippen LogP contribution in [0.25, 0.3) is 0 Å². The molecule has 3 atom stereocenters. The second-order valence-corrected chi connectivity index (χ2v) is 8.03. The molecular formula is C27H33NZr+2. The van der Waals surface area contributed by atoms with Crippen molar-refractivity contribution in [2.45, 2.75) is 38.3 Å². The van der Waals surface area contributed by atoms with Crippen LogP contribution in [-0.4, -0.2) is 17.5 Å². The van der Waals surface area contributed by atoms with Crippen molar-refractivity contribution in [3.05, 3.63) is 114 Å². The van der Waals surface area contributed by atoms with Crippen molar-refractivity contribution in [2.75, 3.05) is 6.54 Å². The van der Waals surface area contributed by atoms with Crippen molar-refractivity contribution in [1.29, 1.82) is 0 Å². The first-order chi connectivity index (χ1) is 13.7. The summed E-state index contributed by atoms with van der Waals surface area (Å²) in [4.78, 5) is 2.62. The molecule has 0 spiro atoms. The minimum absolute atomic E-state index is 0. The monoisotopic (exact) mass is 461 g/mol. The van der Waals surface area contributed by atoms with E-state index in [-0.39, 0.29) is 31.6 Å². The molecule has 4 fully saturated rings. The average molecular weight is 463 g/mol. The van der Waals surface area contributed by atoms with Gasteiger partial charge in [0.1, 0.15) is 0 Å². The fourth-order valence-electron chi connectivity index (χ4n) is 4.49. The van der Waals surface area contributed by atoms with E-state index in [1.54, 1.807) is 0 Å². The Morgan fingerprint density at radius 2 is 1.34 bits per heavy atom. The molecule has 148 valence electrons. The smallest absolute Gasteiger partial charge is 0.341 e. The van der Waals surface area contributed by atoms with Crippen LogP contribution in [0.15, 0.2) is 30.3 Å². The van der Waals surface area contributed by atoms with E-state index in [0.29, 0.717) is 12.0 Å². The van der Waals surface area contributed by atoms with Gasteiger partial charge in [-0.05, 0) is 88.8 Å². The van der Waals surface area contributed by atoms with Crippen LogP contribution in [0, 0.1) is 89.4 Å². The normalized spacial score (nSPS) is 31.0. The topological polar surface area (TPSA) is 3.24 Å². The molecule has 10 radical (unpaired) electrons. The minimum atomic E-state index is 0. The third-order valence-electron chi connectivity index (χ3n) is 6.08. The molecular weight excluding hydrogens is 430 g/mol. The molecule has 1 aromatic rings. The van der Waals surface area contributed by atoms with Crippen LogP contribution >= 0.6 is 0 Å². The fourth-order valence-corrected chi connectivity index (χ4v) is 4.49. The predicted octanol–water partition coefficient (Wildman–Crippen LogP) is 5.76. The summed E-state index contributed by atoms with van der Waals surface area (Å²) in [7, 11) is 0. The predicted molar refractivity (Wildman–Crippen MR) is 119 cm³/mol. The van der Waals surface area contributed by atoms with Crippen molar-refractivity contribution in [3.63, 3.8) is 0 Å². The SMILES string of the molecule is [CH2-][C@@H]1CN(Cc2ccccc2)[C@@H]2CCCC[C@]12[CH2-].[CH]1[CH][CH][CH][CH]1.[CH]1[CH][CH][CH][CH]1.[Zr+4]. The number of fused-ring (bicyclic) bond motifs is 1. The molecule has 3 aliphatic carbocycles. The van der Waals surface area contributed by atoms with Crippen molar-refractivity contribution < 1.29 is 26.2 Å². The Labute approximate surface area is 200 Å². The van der Waals surface area contributed by atoms with Gasteiger partial charge in [-0.3, -0.25) is 0 Å². The van der Waals surface area contributed by atoms with Crippen LogP contribution in [0.3, 0.4) is 0 Å². The van der Waals surface area contributed by atoms with Gasteiger partial charge in [-0.25, -0.2) is 0 Å². The molecule has 1 saturated heterocycles. The van der Waals surface area contributed by atoms with Crippen LogP contribution < -0.4 is 0 Å². The summed E-state index contributed by atoms with van der Waals surface area (Å²) >= 11 is 0. The van der Waals surface area contributed by atoms with Crippen LogP contribution in [0.2, 0.25) is 0 Å². The van der Waals surface area contributed by atoms with E-state index >= 15 is 0 Å². The maximum Gasteiger partial charge on any atom is 4.00 e. The summed E-state index contributed by atoms with van der Waals surface area (Å²) < 4.78 is 0. The fraction of sp³-hybridized carbons (Fsp3) is 0.333. The first-order valence-electron chi connectivity index (χ1n) is 10.5. The molecule has 0 aromatic heterocycles. The number of rotatable bonds is 2. The number of likely N-dealkylation sites (tertiary alicyclic amines) is 1. The van der Waals surface area contributed by atoms with Crippen molar-refractivity contribution in [3.8, 4) is 0 Å². The third kappa shape index (κ3) is 7.61. The minimum Gasteiger partial charge on any atom is -0.341 e. The molecule has 5 rings (SSSR count). The van der Waals surface area contributed by atoms with Gasteiger partial charge in [0.2, 0.25) is 0 Å². The van der Waals surface area contributed by atoms with Gasteiger partial charge in [-0.15, -0.1) is 0 Å². The Hall–Kier alpha value is 0.0631. The Kier molecular flexibility index (Phi) is 11.8. The van der Waals surface area contributed by atoms with Gasteiger partial charge in [0.05, 0.1) is 0 Å². The molecule has 0 amide bonds. The van der Waals surface area contributed by atoms with E-state index < -0.39 is 0 Å². The average Bonchev–Trinajstić information content (AvgIpc) is 3.49. The molecule has 1 aromatic carbocycles. The van der Waals surface area contributed by atoms with E-state index in [1.165, 1.54) is 31.2 Å². The Bertz CT molecular complexity index is 512. The van der Waals surface area contributed by atoms with E-state index in [4.69, 9.17) is 0 Å². The van der Waals surface area contributed by atoms with Crippen LogP contribution in [0.5, 0.6) is 0 Å². The van der Waals surface area contributed by atoms with Crippen LogP contribution in [0.4, 0.5) is 0 Å². The number of hydrogen-bond donors (Lipinski definition) is 0. The molecule has 0 N–H and O–H groups in total. The maximum absolute atomic E-state index is 4.56. The number of nitrogens with zero attached hydrogens (tertiary/aromatic N) is 1. The van der Waals surface area contributed by atoms with Crippen molar-refractivity contribution in [1.82, 2.24) is 4.90 Å². The van der Waals surface area contributed by atoms with E-state index in [0.717, 1.165) is 13.1 Å². The second-order valence-electron chi connectivity index (χ2n) is 8.03. The largest absolute Gasteiger partial charge is 4.00 e. The van der Waals surface area contributed by atoms with Crippen molar-refractivity contribution >= 4 is 0 Å². The van der Waals surface area contributed by atoms with Crippen LogP contribution in [0.1, 0.15) is 31.2 Å². The third-order valence-corrected chi connectivity index (χ3v) is 6.08. The van der Waals surface area contributed by atoms with E-state index in [9.17, 15) is 0 Å². The molecule has 1 nitrogen and oxygen atoms in total. The Morgan fingerprint density at radius 1 is 0.828 bits per heavy atom. The molecule has 4 aliphatic rings. The van der Waals surface area contributed by atoms with Crippen molar-refractivity contribution in [2.24, 2.45) is 11.3 Å². The van der Waals surface area contributed by atoms with Gasteiger partial charge in [-0.2, -0.15) is 11.3 Å². The first-order valence-corrected chi connectivity index (χ1v) is 10.5. The molecule has 29 heavy (non-hydrogen) atoms. The summed E-state index contributed by atoms with van der Waals surface area (Å²) in [5.74, 6) is 0.492. The summed E-state index contributed by atoms with van der Waals surface area (Å²) in [6.07, 6.45) is 25.3. The van der Waals surface area contributed by atoms with Gasteiger partial charge in [0, 0.05) is 6.54 Å². The molecule has 0 unspecified atom stereocenters. The van der Waals surface area contributed by atoms with Gasteiger partial charge >= 0.3 is 26.2 Å². The standard InChI is InChI=1S/C17H23N.2C5H5.Zr/c1-14-12-18(13-15-8-4-3-5-9-15)16-10-6-7-11-17(14,16)2;2*1-2-4-5-3-1;/h3-5,8-9,14,16H,1-2,6-7,10-13H2;2*1-5H;/q-2;;;+4/t14-,16-,17-;;;/m1.../s1. The molecule has 1 aliphatic heterocycles. The zero-order chi connectivity index (χ0) is 19.7. The van der Waals surface area contributed by atoms with Gasteiger partial charge in [0.25, 0.3) is 0 Å². The van der Waals surface area contributed by atoms with E-state index in [2.05, 4.69) is 49.1 Å². The Balaban J connectivity index is 0.000000223. The first kappa shape index (κ1) is 25.3. The molecule has 2 heteroatoms. The maximum atomic E-state index is 4.56. The summed E-state index contributed by atoms with van der Waals surface area (Å²) in [6.45, 7) is 11.1. The Morgan fingerprint density at radius 3 is 1.86 bits per heavy atom. The van der Waals surface area contributed by atoms with Gasteiger partial charge < -0.3 is 18.7 Å². The van der Waals surface area contributed by atoms with Gasteiger partial charge in [0.15, 0.2) is 0 Å². The summed E-state index contributed by atoms with van der Waals surface area (Å²) in [6, 6.07) is 11.4. The zero-order valence-corrected chi connectivity index (χ0v) is 19.9. The molecule has 1 heterocycles. The van der Waals surface area contributed by atoms with E-state index in [1.807, 2.05) is 64.2 Å². The van der Waals surface area contributed by atoms with Crippen LogP contribution in [-0.2, 0) is 32.7 Å². The second kappa shape index (κ2) is 13.5. The van der Waals surface area contributed by atoms with Gasteiger partial charge in [-0.1, -0.05) is 49.6 Å².